The number of aliphatic hydroxyl groups is 1. The fourth-order valence-corrected chi connectivity index (χ4v) is 6.44. The zero-order valence-corrected chi connectivity index (χ0v) is 15.5. The summed E-state index contributed by atoms with van der Waals surface area (Å²) in [5.74, 6) is 0.0119. The third kappa shape index (κ3) is 1.86. The van der Waals surface area contributed by atoms with Crippen LogP contribution in [0.15, 0.2) is 12.2 Å². The summed E-state index contributed by atoms with van der Waals surface area (Å²) in [6.45, 7) is 12.6. The van der Waals surface area contributed by atoms with Crippen molar-refractivity contribution in [3.8, 4) is 0 Å². The Balaban J connectivity index is 1.92. The predicted octanol–water partition coefficient (Wildman–Crippen LogP) is 2.27. The van der Waals surface area contributed by atoms with Crippen LogP contribution in [0.2, 0.25) is 0 Å². The van der Waals surface area contributed by atoms with Gasteiger partial charge in [-0.15, -0.1) is 0 Å². The Kier molecular flexibility index (Phi) is 3.41. The highest BCUT2D eigenvalue weighted by molar-refractivity contribution is 5.86. The molecule has 0 bridgehead atoms. The van der Waals surface area contributed by atoms with E-state index in [2.05, 4.69) is 27.4 Å². The standard InChI is InChI=1S/C20H28O5/c1-10(2)12-6-13(21)16-17-20(23,11(3)9-24-17)19(5)8-15(22)25-14(19)7-18(12,16)4/h10,12,14,16-17,23H,3,6-9H2,1-2,4-5H3/t12-,14?,16?,17?,18-,19+,20+/m0/s1. The van der Waals surface area contributed by atoms with Gasteiger partial charge in [-0.2, -0.15) is 0 Å². The van der Waals surface area contributed by atoms with Gasteiger partial charge in [-0.05, 0) is 29.2 Å². The summed E-state index contributed by atoms with van der Waals surface area (Å²) >= 11 is 0. The first-order chi connectivity index (χ1) is 11.6. The van der Waals surface area contributed by atoms with E-state index in [1.54, 1.807) is 0 Å². The van der Waals surface area contributed by atoms with Crippen molar-refractivity contribution in [2.45, 2.75) is 64.8 Å². The minimum Gasteiger partial charge on any atom is -0.462 e. The van der Waals surface area contributed by atoms with E-state index < -0.39 is 23.2 Å². The summed E-state index contributed by atoms with van der Waals surface area (Å²) < 4.78 is 11.7. The Morgan fingerprint density at radius 2 is 1.96 bits per heavy atom. The van der Waals surface area contributed by atoms with Crippen LogP contribution in [0.3, 0.4) is 0 Å². The third-order valence-corrected chi connectivity index (χ3v) is 7.81. The van der Waals surface area contributed by atoms with Crippen molar-refractivity contribution in [2.24, 2.45) is 28.6 Å². The van der Waals surface area contributed by atoms with E-state index in [0.29, 0.717) is 24.3 Å². The number of hydrogen-bond donors (Lipinski definition) is 1. The van der Waals surface area contributed by atoms with Crippen LogP contribution >= 0.6 is 0 Å². The van der Waals surface area contributed by atoms with Crippen LogP contribution in [0.5, 0.6) is 0 Å². The van der Waals surface area contributed by atoms with Gasteiger partial charge < -0.3 is 14.6 Å². The van der Waals surface area contributed by atoms with Gasteiger partial charge in [-0.1, -0.05) is 34.3 Å². The van der Waals surface area contributed by atoms with E-state index in [-0.39, 0.29) is 42.0 Å². The maximum Gasteiger partial charge on any atom is 0.306 e. The fraction of sp³-hybridized carbons (Fsp3) is 0.800. The number of ether oxygens (including phenoxy) is 2. The summed E-state index contributed by atoms with van der Waals surface area (Å²) in [4.78, 5) is 25.2. The summed E-state index contributed by atoms with van der Waals surface area (Å²) in [5.41, 5.74) is -2.01. The second-order valence-corrected chi connectivity index (χ2v) is 9.38. The molecule has 0 spiro atoms. The van der Waals surface area contributed by atoms with E-state index in [1.807, 2.05) is 6.92 Å². The third-order valence-electron chi connectivity index (χ3n) is 7.81. The molecule has 0 aromatic heterocycles. The Labute approximate surface area is 148 Å². The average molecular weight is 348 g/mol. The normalized spacial score (nSPS) is 52.0. The van der Waals surface area contributed by atoms with E-state index in [1.165, 1.54) is 0 Å². The van der Waals surface area contributed by atoms with E-state index in [9.17, 15) is 14.7 Å². The summed E-state index contributed by atoms with van der Waals surface area (Å²) in [7, 11) is 0. The Morgan fingerprint density at radius 3 is 2.60 bits per heavy atom. The van der Waals surface area contributed by atoms with Gasteiger partial charge in [0.25, 0.3) is 0 Å². The molecule has 4 aliphatic rings. The summed E-state index contributed by atoms with van der Waals surface area (Å²) in [5, 5.41) is 11.8. The minimum atomic E-state index is -1.41. The molecule has 4 rings (SSSR count). The van der Waals surface area contributed by atoms with Crippen molar-refractivity contribution < 1.29 is 24.2 Å². The van der Waals surface area contributed by atoms with Gasteiger partial charge in [0.05, 0.1) is 24.4 Å². The molecule has 25 heavy (non-hydrogen) atoms. The van der Waals surface area contributed by atoms with Crippen LogP contribution in [-0.4, -0.2) is 41.3 Å². The number of esters is 1. The average Bonchev–Trinajstić information content (AvgIpc) is 3.04. The Hall–Kier alpha value is -1.20. The number of ketones is 1. The monoisotopic (exact) mass is 348 g/mol. The molecule has 0 aromatic rings. The largest absolute Gasteiger partial charge is 0.462 e. The number of Topliss-reactive ketones (excluding diaryl/α,β-unsaturated/α-hetero) is 1. The number of carbonyl (C=O) groups excluding carboxylic acids is 2. The quantitative estimate of drug-likeness (QED) is 0.581. The van der Waals surface area contributed by atoms with Crippen LogP contribution in [-0.2, 0) is 19.1 Å². The van der Waals surface area contributed by atoms with Gasteiger partial charge in [0.2, 0.25) is 0 Å². The summed E-state index contributed by atoms with van der Waals surface area (Å²) in [6.07, 6.45) is 0.151. The van der Waals surface area contributed by atoms with Gasteiger partial charge in [-0.3, -0.25) is 9.59 Å². The van der Waals surface area contributed by atoms with Crippen LogP contribution in [0.25, 0.3) is 0 Å². The Morgan fingerprint density at radius 1 is 1.28 bits per heavy atom. The molecular formula is C20H28O5. The molecular weight excluding hydrogens is 320 g/mol. The minimum absolute atomic E-state index is 0.135. The zero-order valence-electron chi connectivity index (χ0n) is 15.5. The van der Waals surface area contributed by atoms with Crippen molar-refractivity contribution in [1.29, 1.82) is 0 Å². The molecule has 2 aliphatic carbocycles. The molecule has 138 valence electrons. The molecule has 4 fully saturated rings. The van der Waals surface area contributed by atoms with Gasteiger partial charge in [-0.25, -0.2) is 0 Å². The van der Waals surface area contributed by atoms with E-state index in [0.717, 1.165) is 0 Å². The molecule has 5 heteroatoms. The first-order valence-corrected chi connectivity index (χ1v) is 9.30. The van der Waals surface area contributed by atoms with Crippen LogP contribution in [0, 0.1) is 28.6 Å². The molecule has 2 heterocycles. The van der Waals surface area contributed by atoms with Gasteiger partial charge in [0.1, 0.15) is 23.6 Å². The predicted molar refractivity (Wildman–Crippen MR) is 90.6 cm³/mol. The molecule has 2 saturated carbocycles. The molecule has 0 aromatic carbocycles. The highest BCUT2D eigenvalue weighted by Crippen LogP contribution is 2.65. The van der Waals surface area contributed by atoms with Gasteiger partial charge in [0.15, 0.2) is 0 Å². The first-order valence-electron chi connectivity index (χ1n) is 9.30. The molecule has 5 nitrogen and oxygen atoms in total. The SMILES string of the molecule is C=C1COC2C3C(=O)C[C@@H](C(C)C)[C@]3(C)CC3OC(=O)C[C@@]3(C)[C@@]12O. The van der Waals surface area contributed by atoms with Crippen LogP contribution < -0.4 is 0 Å². The molecule has 3 unspecified atom stereocenters. The van der Waals surface area contributed by atoms with Crippen molar-refractivity contribution in [1.82, 2.24) is 0 Å². The topological polar surface area (TPSA) is 72.8 Å². The number of carbonyl (C=O) groups is 2. The lowest BCUT2D eigenvalue weighted by Crippen LogP contribution is -2.58. The number of fused-ring (bicyclic) bond motifs is 5. The van der Waals surface area contributed by atoms with E-state index in [4.69, 9.17) is 9.47 Å². The second kappa shape index (κ2) is 4.95. The molecule has 0 radical (unpaired) electrons. The highest BCUT2D eigenvalue weighted by Gasteiger charge is 2.74. The van der Waals surface area contributed by atoms with Crippen molar-refractivity contribution in [3.63, 3.8) is 0 Å². The zero-order chi connectivity index (χ0) is 18.4. The first kappa shape index (κ1) is 17.2. The highest BCUT2D eigenvalue weighted by atomic mass is 16.6. The second-order valence-electron chi connectivity index (χ2n) is 9.38. The van der Waals surface area contributed by atoms with E-state index >= 15 is 0 Å². The Bertz CT molecular complexity index is 669. The molecule has 0 amide bonds. The molecule has 2 aliphatic heterocycles. The lowest BCUT2D eigenvalue weighted by atomic mass is 9.63. The van der Waals surface area contributed by atoms with Gasteiger partial charge >= 0.3 is 5.97 Å². The van der Waals surface area contributed by atoms with Crippen molar-refractivity contribution >= 4 is 11.8 Å². The maximum atomic E-state index is 13.0. The van der Waals surface area contributed by atoms with Crippen LogP contribution in [0.1, 0.15) is 47.0 Å². The molecule has 2 saturated heterocycles. The lowest BCUT2D eigenvalue weighted by Gasteiger charge is -2.44. The molecule has 1 N–H and O–H groups in total. The number of rotatable bonds is 1. The number of hydrogen-bond acceptors (Lipinski definition) is 5. The lowest BCUT2D eigenvalue weighted by molar-refractivity contribution is -0.148. The van der Waals surface area contributed by atoms with Crippen LogP contribution in [0.4, 0.5) is 0 Å². The van der Waals surface area contributed by atoms with Crippen molar-refractivity contribution in [3.05, 3.63) is 12.2 Å². The fourth-order valence-electron chi connectivity index (χ4n) is 6.44. The van der Waals surface area contributed by atoms with Crippen molar-refractivity contribution in [2.75, 3.05) is 6.61 Å². The summed E-state index contributed by atoms with van der Waals surface area (Å²) in [6, 6.07) is 0. The van der Waals surface area contributed by atoms with Gasteiger partial charge in [0, 0.05) is 6.42 Å². The molecule has 7 atom stereocenters. The maximum absolute atomic E-state index is 13.0. The smallest absolute Gasteiger partial charge is 0.306 e.